The molecule has 2 aromatic rings. The van der Waals surface area contributed by atoms with Crippen molar-refractivity contribution in [2.24, 2.45) is 0 Å². The van der Waals surface area contributed by atoms with Crippen LogP contribution < -0.4 is 5.32 Å². The summed E-state index contributed by atoms with van der Waals surface area (Å²) < 4.78 is 37.3. The number of tetrazole rings is 1. The van der Waals surface area contributed by atoms with Gasteiger partial charge in [0, 0.05) is 12.3 Å². The molecule has 5 nitrogen and oxygen atoms in total. The van der Waals surface area contributed by atoms with E-state index < -0.39 is 5.51 Å². The molecular formula is C10H10F3N5S. The summed E-state index contributed by atoms with van der Waals surface area (Å²) in [6, 6.07) is 9.08. The van der Waals surface area contributed by atoms with Gasteiger partial charge in [-0.05, 0) is 34.3 Å². The van der Waals surface area contributed by atoms with Crippen LogP contribution in [0.2, 0.25) is 0 Å². The molecule has 0 saturated heterocycles. The molecule has 1 aromatic carbocycles. The van der Waals surface area contributed by atoms with Crippen LogP contribution in [0.15, 0.2) is 30.3 Å². The van der Waals surface area contributed by atoms with Crippen molar-refractivity contribution in [2.75, 3.05) is 17.6 Å². The van der Waals surface area contributed by atoms with Crippen LogP contribution in [0.3, 0.4) is 0 Å². The number of aromatic nitrogens is 4. The second-order valence-corrected chi connectivity index (χ2v) is 4.63. The van der Waals surface area contributed by atoms with Gasteiger partial charge in [-0.25, -0.2) is 0 Å². The Morgan fingerprint density at radius 1 is 1.21 bits per heavy atom. The number of halogens is 3. The zero-order chi connectivity index (χ0) is 13.7. The topological polar surface area (TPSA) is 55.6 Å². The first kappa shape index (κ1) is 13.7. The average molecular weight is 289 g/mol. The predicted octanol–water partition coefficient (Wildman–Crippen LogP) is 2.33. The second kappa shape index (κ2) is 5.91. The van der Waals surface area contributed by atoms with E-state index in [4.69, 9.17) is 0 Å². The SMILES string of the molecule is FC(F)(F)SCCNc1nnnn1-c1ccccc1. The van der Waals surface area contributed by atoms with E-state index in [1.54, 1.807) is 12.1 Å². The van der Waals surface area contributed by atoms with Crippen molar-refractivity contribution in [3.8, 4) is 5.69 Å². The molecule has 9 heteroatoms. The molecule has 0 unspecified atom stereocenters. The van der Waals surface area contributed by atoms with Gasteiger partial charge in [0.25, 0.3) is 0 Å². The van der Waals surface area contributed by atoms with Gasteiger partial charge in [-0.2, -0.15) is 17.9 Å². The van der Waals surface area contributed by atoms with Gasteiger partial charge in [-0.1, -0.05) is 23.3 Å². The van der Waals surface area contributed by atoms with Gasteiger partial charge in [0.2, 0.25) is 5.95 Å². The molecular weight excluding hydrogens is 279 g/mol. The monoisotopic (exact) mass is 289 g/mol. The lowest BCUT2D eigenvalue weighted by Crippen LogP contribution is -2.12. The summed E-state index contributed by atoms with van der Waals surface area (Å²) in [5, 5.41) is 13.8. The van der Waals surface area contributed by atoms with E-state index >= 15 is 0 Å². The molecule has 0 fully saturated rings. The van der Waals surface area contributed by atoms with Crippen molar-refractivity contribution >= 4 is 17.7 Å². The minimum atomic E-state index is -4.22. The second-order valence-electron chi connectivity index (χ2n) is 3.47. The van der Waals surface area contributed by atoms with E-state index in [-0.39, 0.29) is 24.1 Å². The number of benzene rings is 1. The van der Waals surface area contributed by atoms with Crippen molar-refractivity contribution in [2.45, 2.75) is 5.51 Å². The van der Waals surface area contributed by atoms with Crippen LogP contribution in [0, 0.1) is 0 Å². The number of rotatable bonds is 5. The molecule has 1 aromatic heterocycles. The first-order valence-corrected chi connectivity index (χ1v) is 6.33. The van der Waals surface area contributed by atoms with Gasteiger partial charge in [-0.3, -0.25) is 0 Å². The third-order valence-electron chi connectivity index (χ3n) is 2.12. The van der Waals surface area contributed by atoms with Crippen LogP contribution in [-0.2, 0) is 0 Å². The Labute approximate surface area is 111 Å². The van der Waals surface area contributed by atoms with E-state index in [1.165, 1.54) is 4.68 Å². The van der Waals surface area contributed by atoms with E-state index in [2.05, 4.69) is 20.8 Å². The molecule has 1 N–H and O–H groups in total. The molecule has 0 aliphatic rings. The highest BCUT2D eigenvalue weighted by atomic mass is 32.2. The van der Waals surface area contributed by atoms with E-state index in [0.29, 0.717) is 5.95 Å². The van der Waals surface area contributed by atoms with Crippen molar-refractivity contribution in [1.82, 2.24) is 20.2 Å². The van der Waals surface area contributed by atoms with Crippen molar-refractivity contribution < 1.29 is 13.2 Å². The quantitative estimate of drug-likeness (QED) is 0.856. The Balaban J connectivity index is 1.94. The van der Waals surface area contributed by atoms with Gasteiger partial charge in [0.15, 0.2) is 0 Å². The highest BCUT2D eigenvalue weighted by molar-refractivity contribution is 8.00. The fourth-order valence-corrected chi connectivity index (χ4v) is 1.81. The maximum atomic E-state index is 12.0. The van der Waals surface area contributed by atoms with Crippen LogP contribution >= 0.6 is 11.8 Å². The van der Waals surface area contributed by atoms with Gasteiger partial charge >= 0.3 is 5.51 Å². The first-order chi connectivity index (χ1) is 9.06. The molecule has 0 radical (unpaired) electrons. The number of alkyl halides is 3. The zero-order valence-corrected chi connectivity index (χ0v) is 10.4. The van der Waals surface area contributed by atoms with Crippen molar-refractivity contribution in [1.29, 1.82) is 0 Å². The van der Waals surface area contributed by atoms with Crippen molar-refractivity contribution in [3.05, 3.63) is 30.3 Å². The standard InChI is InChI=1S/C10H10F3N5S/c11-10(12,13)19-7-6-14-9-15-16-17-18(9)8-4-2-1-3-5-8/h1-5H,6-7H2,(H,14,15,17). The van der Waals surface area contributed by atoms with Crippen LogP contribution in [0.25, 0.3) is 5.69 Å². The summed E-state index contributed by atoms with van der Waals surface area (Å²) in [5.41, 5.74) is -3.48. The highest BCUT2D eigenvalue weighted by Gasteiger charge is 2.27. The lowest BCUT2D eigenvalue weighted by molar-refractivity contribution is -0.0327. The molecule has 0 aliphatic heterocycles. The molecule has 0 aliphatic carbocycles. The lowest BCUT2D eigenvalue weighted by Gasteiger charge is -2.08. The van der Waals surface area contributed by atoms with Crippen LogP contribution in [0.5, 0.6) is 0 Å². The third-order valence-corrected chi connectivity index (χ3v) is 2.86. The molecule has 0 saturated carbocycles. The molecule has 0 atom stereocenters. The number of nitrogens with one attached hydrogen (secondary N) is 1. The minimum Gasteiger partial charge on any atom is -0.352 e. The molecule has 1 heterocycles. The van der Waals surface area contributed by atoms with Gasteiger partial charge < -0.3 is 5.32 Å². The molecule has 19 heavy (non-hydrogen) atoms. The third kappa shape index (κ3) is 4.12. The molecule has 102 valence electrons. The predicted molar refractivity (Wildman–Crippen MR) is 66.2 cm³/mol. The van der Waals surface area contributed by atoms with Crippen LogP contribution in [0.1, 0.15) is 0 Å². The molecule has 2 rings (SSSR count). The summed E-state index contributed by atoms with van der Waals surface area (Å²) in [7, 11) is 0. The summed E-state index contributed by atoms with van der Waals surface area (Å²) in [5.74, 6) is 0.208. The number of hydrogen-bond donors (Lipinski definition) is 1. The fraction of sp³-hybridized carbons (Fsp3) is 0.300. The first-order valence-electron chi connectivity index (χ1n) is 5.34. The number of nitrogens with zero attached hydrogens (tertiary/aromatic N) is 4. The molecule has 0 spiro atoms. The smallest absolute Gasteiger partial charge is 0.352 e. The molecule has 0 bridgehead atoms. The van der Waals surface area contributed by atoms with E-state index in [9.17, 15) is 13.2 Å². The Morgan fingerprint density at radius 2 is 1.95 bits per heavy atom. The normalized spacial score (nSPS) is 11.5. The number of para-hydroxylation sites is 1. The van der Waals surface area contributed by atoms with Crippen molar-refractivity contribution in [3.63, 3.8) is 0 Å². The number of anilines is 1. The summed E-state index contributed by atoms with van der Waals surface area (Å²) in [6.07, 6.45) is 0. The Morgan fingerprint density at radius 3 is 2.63 bits per heavy atom. The highest BCUT2D eigenvalue weighted by Crippen LogP contribution is 2.29. The summed E-state index contributed by atoms with van der Waals surface area (Å²) in [6.45, 7) is 0.122. The fourth-order valence-electron chi connectivity index (χ4n) is 1.37. The van der Waals surface area contributed by atoms with E-state index in [0.717, 1.165) is 5.69 Å². The van der Waals surface area contributed by atoms with E-state index in [1.807, 2.05) is 18.2 Å². The van der Waals surface area contributed by atoms with Gasteiger partial charge in [-0.15, -0.1) is 0 Å². The van der Waals surface area contributed by atoms with Crippen LogP contribution in [0.4, 0.5) is 19.1 Å². The number of thioether (sulfide) groups is 1. The van der Waals surface area contributed by atoms with Gasteiger partial charge in [0.1, 0.15) is 0 Å². The average Bonchev–Trinajstić information content (AvgIpc) is 2.83. The number of hydrogen-bond acceptors (Lipinski definition) is 5. The minimum absolute atomic E-state index is 0.0833. The Bertz CT molecular complexity index is 513. The summed E-state index contributed by atoms with van der Waals surface area (Å²) in [4.78, 5) is 0. The molecule has 0 amide bonds. The maximum Gasteiger partial charge on any atom is 0.441 e. The Hall–Kier alpha value is -1.77. The summed E-state index contributed by atoms with van der Waals surface area (Å²) >= 11 is -0.0833. The van der Waals surface area contributed by atoms with Crippen LogP contribution in [-0.4, -0.2) is 38.0 Å². The largest absolute Gasteiger partial charge is 0.441 e. The zero-order valence-electron chi connectivity index (χ0n) is 9.63. The van der Waals surface area contributed by atoms with Gasteiger partial charge in [0.05, 0.1) is 5.69 Å². The lowest BCUT2D eigenvalue weighted by atomic mass is 10.3. The maximum absolute atomic E-state index is 12.0. The Kier molecular flexibility index (Phi) is 4.25.